The van der Waals surface area contributed by atoms with Gasteiger partial charge in [-0.15, -0.1) is 5.10 Å². The lowest BCUT2D eigenvalue weighted by Crippen LogP contribution is -2.38. The molecule has 0 radical (unpaired) electrons. The van der Waals surface area contributed by atoms with Crippen LogP contribution in [0.25, 0.3) is 5.78 Å². The van der Waals surface area contributed by atoms with Gasteiger partial charge < -0.3 is 9.47 Å². The molecule has 0 unspecified atom stereocenters. The summed E-state index contributed by atoms with van der Waals surface area (Å²) in [6.45, 7) is 5.91. The highest BCUT2D eigenvalue weighted by atomic mass is 32.2. The molecule has 11 heteroatoms. The second kappa shape index (κ2) is 7.08. The quantitative estimate of drug-likeness (QED) is 0.618. The number of benzene rings is 1. The number of nitrogens with one attached hydrogen (secondary N) is 1. The molecule has 1 saturated heterocycles. The standard InChI is InChI=1S/C18H19N5O5S/c1-10-5-4-6-14(16(24)28-13-8-27-9-13)15(10)22-29(25,26)18-20-17-19-11(2)7-12(3)23(17)21-18/h4-7,13,22H,8-9H2,1-3H3. The van der Waals surface area contributed by atoms with Gasteiger partial charge in [0.1, 0.15) is 6.10 Å². The smallest absolute Gasteiger partial charge is 0.340 e. The number of sulfonamides is 1. The molecule has 152 valence electrons. The van der Waals surface area contributed by atoms with Gasteiger partial charge in [0.15, 0.2) is 0 Å². The highest BCUT2D eigenvalue weighted by molar-refractivity contribution is 7.92. The summed E-state index contributed by atoms with van der Waals surface area (Å²) in [5.74, 6) is -0.451. The third-order valence-electron chi connectivity index (χ3n) is 4.45. The predicted molar refractivity (Wildman–Crippen MR) is 102 cm³/mol. The fourth-order valence-corrected chi connectivity index (χ4v) is 3.93. The van der Waals surface area contributed by atoms with E-state index in [4.69, 9.17) is 9.47 Å². The highest BCUT2D eigenvalue weighted by Crippen LogP contribution is 2.25. The monoisotopic (exact) mass is 417 g/mol. The average Bonchev–Trinajstić information content (AvgIpc) is 3.05. The molecule has 1 aromatic carbocycles. The van der Waals surface area contributed by atoms with E-state index in [0.29, 0.717) is 30.2 Å². The predicted octanol–water partition coefficient (Wildman–Crippen LogP) is 1.41. The molecule has 4 rings (SSSR count). The zero-order chi connectivity index (χ0) is 20.8. The maximum absolute atomic E-state index is 12.9. The molecular formula is C18H19N5O5S. The molecule has 10 nitrogen and oxygen atoms in total. The van der Waals surface area contributed by atoms with Crippen LogP contribution in [-0.2, 0) is 19.5 Å². The van der Waals surface area contributed by atoms with E-state index in [2.05, 4.69) is 19.8 Å². The van der Waals surface area contributed by atoms with Crippen molar-refractivity contribution in [3.63, 3.8) is 0 Å². The summed E-state index contributed by atoms with van der Waals surface area (Å²) < 4.78 is 40.0. The summed E-state index contributed by atoms with van der Waals surface area (Å²) in [7, 11) is -4.17. The lowest BCUT2D eigenvalue weighted by molar-refractivity contribution is -0.103. The fraction of sp³-hybridized carbons (Fsp3) is 0.333. The Morgan fingerprint density at radius 1 is 1.24 bits per heavy atom. The van der Waals surface area contributed by atoms with Gasteiger partial charge in [0.25, 0.3) is 21.0 Å². The van der Waals surface area contributed by atoms with E-state index in [1.807, 2.05) is 0 Å². The molecule has 0 saturated carbocycles. The number of hydrogen-bond acceptors (Lipinski definition) is 8. The summed E-state index contributed by atoms with van der Waals surface area (Å²) >= 11 is 0. The molecule has 1 N–H and O–H groups in total. The number of anilines is 1. The van der Waals surface area contributed by atoms with Crippen LogP contribution in [0.2, 0.25) is 0 Å². The Morgan fingerprint density at radius 3 is 2.69 bits per heavy atom. The molecule has 1 aliphatic rings. The largest absolute Gasteiger partial charge is 0.454 e. The molecule has 29 heavy (non-hydrogen) atoms. The minimum absolute atomic E-state index is 0.106. The minimum atomic E-state index is -4.17. The van der Waals surface area contributed by atoms with Gasteiger partial charge in [-0.3, -0.25) is 4.72 Å². The summed E-state index contributed by atoms with van der Waals surface area (Å²) in [5, 5.41) is 3.62. The number of rotatable bonds is 5. The molecule has 3 heterocycles. The Morgan fingerprint density at radius 2 is 2.00 bits per heavy atom. The summed E-state index contributed by atoms with van der Waals surface area (Å²) in [6, 6.07) is 6.61. The van der Waals surface area contributed by atoms with Crippen molar-refractivity contribution < 1.29 is 22.7 Å². The van der Waals surface area contributed by atoms with Crippen LogP contribution < -0.4 is 4.72 Å². The maximum Gasteiger partial charge on any atom is 0.340 e. The highest BCUT2D eigenvalue weighted by Gasteiger charge is 2.28. The molecule has 1 fully saturated rings. The number of nitrogens with zero attached hydrogens (tertiary/aromatic N) is 4. The van der Waals surface area contributed by atoms with Gasteiger partial charge in [-0.1, -0.05) is 12.1 Å². The molecule has 2 aromatic heterocycles. The van der Waals surface area contributed by atoms with Crippen molar-refractivity contribution >= 4 is 27.5 Å². The number of para-hydroxylation sites is 1. The lowest BCUT2D eigenvalue weighted by atomic mass is 10.1. The van der Waals surface area contributed by atoms with E-state index in [1.165, 1.54) is 10.6 Å². The molecule has 1 aliphatic heterocycles. The number of fused-ring (bicyclic) bond motifs is 1. The SMILES string of the molecule is Cc1cc(C)n2nc(S(=O)(=O)Nc3c(C)cccc3C(=O)OC3COC3)nc2n1. The fourth-order valence-electron chi connectivity index (χ4n) is 2.91. The van der Waals surface area contributed by atoms with Gasteiger partial charge >= 0.3 is 5.97 Å². The molecule has 0 atom stereocenters. The van der Waals surface area contributed by atoms with Crippen LogP contribution in [0.3, 0.4) is 0 Å². The van der Waals surface area contributed by atoms with Crippen molar-refractivity contribution in [2.75, 3.05) is 17.9 Å². The van der Waals surface area contributed by atoms with Crippen molar-refractivity contribution in [2.45, 2.75) is 32.0 Å². The van der Waals surface area contributed by atoms with Gasteiger partial charge in [-0.05, 0) is 38.5 Å². The van der Waals surface area contributed by atoms with Crippen LogP contribution in [0.15, 0.2) is 29.4 Å². The summed E-state index contributed by atoms with van der Waals surface area (Å²) in [4.78, 5) is 20.7. The first-order valence-corrected chi connectivity index (χ1v) is 10.3. The van der Waals surface area contributed by atoms with Crippen LogP contribution in [0.5, 0.6) is 0 Å². The molecule has 3 aromatic rings. The van der Waals surface area contributed by atoms with Crippen molar-refractivity contribution in [1.82, 2.24) is 19.6 Å². The molecule has 0 amide bonds. The first-order chi connectivity index (χ1) is 13.7. The Hall–Kier alpha value is -3.05. The summed E-state index contributed by atoms with van der Waals surface area (Å²) in [6.07, 6.45) is -0.329. The van der Waals surface area contributed by atoms with Gasteiger partial charge in [-0.25, -0.2) is 14.3 Å². The number of hydrogen-bond donors (Lipinski definition) is 1. The topological polar surface area (TPSA) is 125 Å². The first kappa shape index (κ1) is 19.3. The normalized spacial score (nSPS) is 14.6. The van der Waals surface area contributed by atoms with Crippen LogP contribution >= 0.6 is 0 Å². The first-order valence-electron chi connectivity index (χ1n) is 8.87. The van der Waals surface area contributed by atoms with E-state index in [0.717, 1.165) is 0 Å². The number of ether oxygens (including phenoxy) is 2. The molecule has 0 aliphatic carbocycles. The van der Waals surface area contributed by atoms with Crippen molar-refractivity contribution in [1.29, 1.82) is 0 Å². The lowest BCUT2D eigenvalue weighted by Gasteiger charge is -2.26. The second-order valence-corrected chi connectivity index (χ2v) is 8.39. The Kier molecular flexibility index (Phi) is 4.71. The van der Waals surface area contributed by atoms with Crippen molar-refractivity contribution in [3.05, 3.63) is 46.8 Å². The molecule has 0 spiro atoms. The Labute approximate surface area is 166 Å². The van der Waals surface area contributed by atoms with Crippen LogP contribution in [0.1, 0.15) is 27.3 Å². The van der Waals surface area contributed by atoms with Crippen LogP contribution in [0.4, 0.5) is 5.69 Å². The zero-order valence-corrected chi connectivity index (χ0v) is 16.9. The number of aromatic nitrogens is 4. The third kappa shape index (κ3) is 3.66. The van der Waals surface area contributed by atoms with Crippen LogP contribution in [-0.4, -0.2) is 53.3 Å². The van der Waals surface area contributed by atoms with Crippen LogP contribution in [0, 0.1) is 20.8 Å². The Bertz CT molecular complexity index is 1220. The number of aryl methyl sites for hydroxylation is 3. The minimum Gasteiger partial charge on any atom is -0.454 e. The van der Waals surface area contributed by atoms with E-state index in [1.54, 1.807) is 39.0 Å². The molecule has 0 bridgehead atoms. The van der Waals surface area contributed by atoms with E-state index in [-0.39, 0.29) is 23.1 Å². The van der Waals surface area contributed by atoms with Gasteiger partial charge in [-0.2, -0.15) is 13.4 Å². The van der Waals surface area contributed by atoms with Gasteiger partial charge in [0, 0.05) is 11.4 Å². The van der Waals surface area contributed by atoms with Crippen molar-refractivity contribution in [3.8, 4) is 0 Å². The second-order valence-electron chi connectivity index (χ2n) is 6.81. The number of esters is 1. The van der Waals surface area contributed by atoms with E-state index < -0.39 is 21.1 Å². The zero-order valence-electron chi connectivity index (χ0n) is 16.0. The average molecular weight is 417 g/mol. The number of carbonyl (C=O) groups is 1. The Balaban J connectivity index is 1.69. The maximum atomic E-state index is 12.9. The van der Waals surface area contributed by atoms with Gasteiger partial charge in [0.2, 0.25) is 0 Å². The molecular weight excluding hydrogens is 398 g/mol. The van der Waals surface area contributed by atoms with E-state index >= 15 is 0 Å². The number of carbonyl (C=O) groups excluding carboxylic acids is 1. The third-order valence-corrected chi connectivity index (χ3v) is 5.58. The summed E-state index contributed by atoms with van der Waals surface area (Å²) in [5.41, 5.74) is 2.18. The van der Waals surface area contributed by atoms with Gasteiger partial charge in [0.05, 0.1) is 24.5 Å². The van der Waals surface area contributed by atoms with Crippen molar-refractivity contribution in [2.24, 2.45) is 0 Å². The van der Waals surface area contributed by atoms with E-state index in [9.17, 15) is 13.2 Å².